The minimum atomic E-state index is -5.09. The monoisotopic (exact) mass is 535 g/mol. The van der Waals surface area contributed by atoms with Crippen LogP contribution in [0.25, 0.3) is 5.82 Å². The van der Waals surface area contributed by atoms with Crippen LogP contribution in [0, 0.1) is 0 Å². The summed E-state index contributed by atoms with van der Waals surface area (Å²) in [6.07, 6.45) is -10.6. The van der Waals surface area contributed by atoms with Gasteiger partial charge in [-0.05, 0) is 30.3 Å². The lowest BCUT2D eigenvalue weighted by molar-refractivity contribution is -0.143. The fraction of sp³-hybridized carbons (Fsp3) is 0.200. The molecule has 0 saturated carbocycles. The molecule has 0 spiro atoms. The average Bonchev–Trinajstić information content (AvgIpc) is 3.35. The summed E-state index contributed by atoms with van der Waals surface area (Å²) in [4.78, 5) is 29.7. The van der Waals surface area contributed by atoms with E-state index >= 15 is 0 Å². The molecule has 1 aliphatic rings. The van der Waals surface area contributed by atoms with Crippen molar-refractivity contribution in [3.05, 3.63) is 58.7 Å². The van der Waals surface area contributed by atoms with Crippen molar-refractivity contribution in [2.45, 2.75) is 12.4 Å². The van der Waals surface area contributed by atoms with Crippen molar-refractivity contribution in [2.24, 2.45) is 0 Å². The Kier molecular flexibility index (Phi) is 6.20. The van der Waals surface area contributed by atoms with Crippen LogP contribution in [-0.4, -0.2) is 45.1 Å². The zero-order valence-corrected chi connectivity index (χ0v) is 18.3. The van der Waals surface area contributed by atoms with Crippen molar-refractivity contribution < 1.29 is 45.8 Å². The quantitative estimate of drug-likeness (QED) is 0.352. The molecule has 2 amide bonds. The number of halogens is 7. The second-order valence-corrected chi connectivity index (χ2v) is 7.69. The number of carboxylic acid groups (broad SMARTS) is 1. The fourth-order valence-corrected chi connectivity index (χ4v) is 3.62. The highest BCUT2D eigenvalue weighted by molar-refractivity contribution is 6.32. The van der Waals surface area contributed by atoms with Gasteiger partial charge >= 0.3 is 24.5 Å². The minimum Gasteiger partial charge on any atom is -0.449 e. The minimum absolute atomic E-state index is 0.0420. The maximum absolute atomic E-state index is 13.2. The van der Waals surface area contributed by atoms with Gasteiger partial charge in [0.1, 0.15) is 0 Å². The molecule has 0 aliphatic carbocycles. The highest BCUT2D eigenvalue weighted by Crippen LogP contribution is 2.39. The summed E-state index contributed by atoms with van der Waals surface area (Å²) >= 11 is 6.07. The Morgan fingerprint density at radius 2 is 1.61 bits per heavy atom. The van der Waals surface area contributed by atoms with Gasteiger partial charge < -0.3 is 9.84 Å². The third-order valence-corrected chi connectivity index (χ3v) is 5.26. The summed E-state index contributed by atoms with van der Waals surface area (Å²) in [6.45, 7) is -0.486. The normalized spacial score (nSPS) is 14.5. The first kappa shape index (κ1) is 25.1. The molecule has 1 aromatic carbocycles. The first-order valence-electron chi connectivity index (χ1n) is 9.76. The summed E-state index contributed by atoms with van der Waals surface area (Å²) in [5, 5.41) is 13.1. The zero-order chi connectivity index (χ0) is 26.4. The van der Waals surface area contributed by atoms with Gasteiger partial charge in [0.05, 0.1) is 16.1 Å². The van der Waals surface area contributed by atoms with Gasteiger partial charge in [0.2, 0.25) is 5.88 Å². The van der Waals surface area contributed by atoms with E-state index < -0.39 is 47.2 Å². The van der Waals surface area contributed by atoms with Gasteiger partial charge in [-0.3, -0.25) is 9.80 Å². The third-order valence-electron chi connectivity index (χ3n) is 4.97. The fourth-order valence-electron chi connectivity index (χ4n) is 3.41. The molecule has 2 aromatic heterocycles. The lowest BCUT2D eigenvalue weighted by Crippen LogP contribution is -2.32. The molecule has 190 valence electrons. The van der Waals surface area contributed by atoms with Crippen molar-refractivity contribution in [2.75, 3.05) is 22.9 Å². The Morgan fingerprint density at radius 3 is 2.17 bits per heavy atom. The number of anilines is 2. The standard InChI is InChI=1S/C20H12ClF6N5O4/c21-13-2-1-3-28-16(13)32-15(36-18(34)35)9-14(29-32)31-5-4-30(17(31)33)12-7-10(19(22,23)24)6-11(8-12)20(25,26)27/h1-3,6-9H,4-5H2,(H,34,35). The van der Waals surface area contributed by atoms with Gasteiger partial charge in [0, 0.05) is 31.0 Å². The molecule has 1 aliphatic heterocycles. The lowest BCUT2D eigenvalue weighted by Gasteiger charge is -2.20. The van der Waals surface area contributed by atoms with Gasteiger partial charge in [-0.1, -0.05) is 11.6 Å². The van der Waals surface area contributed by atoms with E-state index in [1.807, 2.05) is 0 Å². The number of pyridine rings is 1. The maximum Gasteiger partial charge on any atom is 0.512 e. The van der Waals surface area contributed by atoms with Crippen LogP contribution in [-0.2, 0) is 12.4 Å². The van der Waals surface area contributed by atoms with Crippen LogP contribution in [0.5, 0.6) is 5.88 Å². The van der Waals surface area contributed by atoms with Crippen molar-refractivity contribution in [3.8, 4) is 11.7 Å². The van der Waals surface area contributed by atoms with Gasteiger partial charge in [0.15, 0.2) is 11.6 Å². The average molecular weight is 536 g/mol. The highest BCUT2D eigenvalue weighted by atomic mass is 35.5. The Labute approximate surface area is 202 Å². The molecule has 36 heavy (non-hydrogen) atoms. The molecule has 0 unspecified atom stereocenters. The van der Waals surface area contributed by atoms with Crippen molar-refractivity contribution in [1.82, 2.24) is 14.8 Å². The number of amides is 2. The summed E-state index contributed by atoms with van der Waals surface area (Å²) in [6, 6.07) is 3.76. The topological polar surface area (TPSA) is 101 Å². The number of ether oxygens (including phenoxy) is 1. The Bertz CT molecular complexity index is 1310. The molecule has 16 heteroatoms. The van der Waals surface area contributed by atoms with Gasteiger partial charge in [-0.2, -0.15) is 31.0 Å². The van der Waals surface area contributed by atoms with Crippen LogP contribution >= 0.6 is 11.6 Å². The number of rotatable bonds is 4. The van der Waals surface area contributed by atoms with E-state index in [-0.39, 0.29) is 35.8 Å². The van der Waals surface area contributed by atoms with Crippen molar-refractivity contribution in [3.63, 3.8) is 0 Å². The van der Waals surface area contributed by atoms with Gasteiger partial charge in [0.25, 0.3) is 0 Å². The number of carbonyl (C=O) groups is 2. The van der Waals surface area contributed by atoms with Gasteiger partial charge in [-0.25, -0.2) is 14.6 Å². The van der Waals surface area contributed by atoms with Crippen LogP contribution < -0.4 is 14.5 Å². The maximum atomic E-state index is 13.2. The molecule has 3 aromatic rings. The number of carbonyl (C=O) groups excluding carboxylic acids is 1. The van der Waals surface area contributed by atoms with E-state index in [4.69, 9.17) is 16.7 Å². The molecule has 1 N–H and O–H groups in total. The molecule has 4 rings (SSSR count). The Hall–Kier alpha value is -4.01. The van der Waals surface area contributed by atoms with Crippen LogP contribution in [0.1, 0.15) is 11.1 Å². The number of hydrogen-bond acceptors (Lipinski definition) is 5. The summed E-state index contributed by atoms with van der Waals surface area (Å²) in [5.74, 6) is -0.677. The molecule has 1 saturated heterocycles. The van der Waals surface area contributed by atoms with E-state index in [0.29, 0.717) is 12.1 Å². The molecular formula is C20H12ClF6N5O4. The molecule has 0 bridgehead atoms. The zero-order valence-electron chi connectivity index (χ0n) is 17.5. The van der Waals surface area contributed by atoms with Gasteiger partial charge in [-0.15, -0.1) is 5.10 Å². The van der Waals surface area contributed by atoms with Crippen LogP contribution in [0.4, 0.5) is 47.4 Å². The second-order valence-electron chi connectivity index (χ2n) is 7.28. The Morgan fingerprint density at radius 1 is 1.00 bits per heavy atom. The number of benzene rings is 1. The SMILES string of the molecule is O=C(O)Oc1cc(N2CCN(c3cc(C(F)(F)F)cc(C(F)(F)F)c3)C2=O)nn1-c1ncccc1Cl. The lowest BCUT2D eigenvalue weighted by atomic mass is 10.1. The first-order valence-corrected chi connectivity index (χ1v) is 10.1. The highest BCUT2D eigenvalue weighted by Gasteiger charge is 2.40. The second kappa shape index (κ2) is 8.89. The summed E-state index contributed by atoms with van der Waals surface area (Å²) in [5.41, 5.74) is -3.78. The number of nitrogens with zero attached hydrogens (tertiary/aromatic N) is 5. The van der Waals surface area contributed by atoms with Crippen molar-refractivity contribution in [1.29, 1.82) is 0 Å². The summed E-state index contributed by atoms with van der Waals surface area (Å²) in [7, 11) is 0. The molecule has 0 radical (unpaired) electrons. The Balaban J connectivity index is 1.72. The molecule has 1 fully saturated rings. The molecule has 3 heterocycles. The van der Waals surface area contributed by atoms with Crippen molar-refractivity contribution >= 4 is 35.3 Å². The number of alkyl halides is 6. The van der Waals surface area contributed by atoms with E-state index in [1.165, 1.54) is 18.3 Å². The third kappa shape index (κ3) is 4.86. The first-order chi connectivity index (χ1) is 16.8. The smallest absolute Gasteiger partial charge is 0.449 e. The van der Waals surface area contributed by atoms with E-state index in [2.05, 4.69) is 14.8 Å². The van der Waals surface area contributed by atoms with E-state index in [9.17, 15) is 35.9 Å². The number of aromatic nitrogens is 3. The van der Waals surface area contributed by atoms with E-state index in [0.717, 1.165) is 20.5 Å². The largest absolute Gasteiger partial charge is 0.512 e. The molecule has 9 nitrogen and oxygen atoms in total. The predicted octanol–water partition coefficient (Wildman–Crippen LogP) is 5.46. The predicted molar refractivity (Wildman–Crippen MR) is 112 cm³/mol. The van der Waals surface area contributed by atoms with Crippen LogP contribution in [0.2, 0.25) is 5.02 Å². The van der Waals surface area contributed by atoms with Crippen LogP contribution in [0.3, 0.4) is 0 Å². The molecule has 0 atom stereocenters. The summed E-state index contributed by atoms with van der Waals surface area (Å²) < 4.78 is 85.0. The van der Waals surface area contributed by atoms with Crippen LogP contribution in [0.15, 0.2) is 42.6 Å². The van der Waals surface area contributed by atoms with E-state index in [1.54, 1.807) is 0 Å². The number of urea groups is 1. The molecular weight excluding hydrogens is 524 g/mol. The number of hydrogen-bond donors (Lipinski definition) is 1.